The molecule has 0 atom stereocenters. The van der Waals surface area contributed by atoms with Gasteiger partial charge >= 0.3 is 6.01 Å². The summed E-state index contributed by atoms with van der Waals surface area (Å²) in [7, 11) is 1.97. The first kappa shape index (κ1) is 16.3. The minimum atomic E-state index is -0.102. The smallest absolute Gasteiger partial charge is 0.318 e. The SMILES string of the molecule is CCC(C)(C)c1nnc(N(C)Cc2ccccc2-n2cccc2)o1. The average Bonchev–Trinajstić information content (AvgIpc) is 3.27. The van der Waals surface area contributed by atoms with Crippen molar-refractivity contribution in [3.8, 4) is 5.69 Å². The molecule has 2 aromatic heterocycles. The van der Waals surface area contributed by atoms with Crippen molar-refractivity contribution in [3.05, 3.63) is 60.2 Å². The molecule has 5 nitrogen and oxygen atoms in total. The van der Waals surface area contributed by atoms with Gasteiger partial charge in [-0.2, -0.15) is 0 Å². The topological polar surface area (TPSA) is 47.1 Å². The minimum Gasteiger partial charge on any atom is -0.407 e. The van der Waals surface area contributed by atoms with Gasteiger partial charge in [-0.25, -0.2) is 0 Å². The first-order chi connectivity index (χ1) is 11.5. The molecular weight excluding hydrogens is 300 g/mol. The van der Waals surface area contributed by atoms with Crippen LogP contribution in [0.1, 0.15) is 38.6 Å². The fourth-order valence-corrected chi connectivity index (χ4v) is 2.51. The Bertz CT molecular complexity index is 789. The summed E-state index contributed by atoms with van der Waals surface area (Å²) < 4.78 is 8.01. The summed E-state index contributed by atoms with van der Waals surface area (Å²) in [5.41, 5.74) is 2.25. The summed E-state index contributed by atoms with van der Waals surface area (Å²) in [6, 6.07) is 12.9. The molecule has 0 N–H and O–H groups in total. The molecule has 0 spiro atoms. The Kier molecular flexibility index (Phi) is 4.42. The average molecular weight is 324 g/mol. The third-order valence-electron chi connectivity index (χ3n) is 4.49. The van der Waals surface area contributed by atoms with Gasteiger partial charge in [0.15, 0.2) is 0 Å². The number of hydrogen-bond acceptors (Lipinski definition) is 4. The second kappa shape index (κ2) is 6.51. The molecule has 126 valence electrons. The van der Waals surface area contributed by atoms with Crippen LogP contribution in [0.2, 0.25) is 0 Å². The van der Waals surface area contributed by atoms with E-state index in [1.807, 2.05) is 42.5 Å². The maximum absolute atomic E-state index is 5.90. The van der Waals surface area contributed by atoms with Crippen LogP contribution in [0.25, 0.3) is 5.69 Å². The zero-order valence-corrected chi connectivity index (χ0v) is 14.7. The van der Waals surface area contributed by atoms with E-state index in [2.05, 4.69) is 53.7 Å². The highest BCUT2D eigenvalue weighted by atomic mass is 16.4. The first-order valence-corrected chi connectivity index (χ1v) is 8.27. The van der Waals surface area contributed by atoms with Gasteiger partial charge in [0.1, 0.15) is 0 Å². The molecule has 0 saturated heterocycles. The number of hydrogen-bond donors (Lipinski definition) is 0. The molecule has 5 heteroatoms. The Morgan fingerprint density at radius 3 is 2.50 bits per heavy atom. The van der Waals surface area contributed by atoms with Crippen molar-refractivity contribution in [2.45, 2.75) is 39.2 Å². The summed E-state index contributed by atoms with van der Waals surface area (Å²) in [5.74, 6) is 0.686. The number of para-hydroxylation sites is 1. The van der Waals surface area contributed by atoms with Crippen molar-refractivity contribution in [3.63, 3.8) is 0 Å². The third-order valence-corrected chi connectivity index (χ3v) is 4.49. The quantitative estimate of drug-likeness (QED) is 0.682. The van der Waals surface area contributed by atoms with E-state index < -0.39 is 0 Å². The van der Waals surface area contributed by atoms with E-state index in [0.717, 1.165) is 12.1 Å². The maximum Gasteiger partial charge on any atom is 0.318 e. The second-order valence-corrected chi connectivity index (χ2v) is 6.70. The van der Waals surface area contributed by atoms with Gasteiger partial charge in [0.25, 0.3) is 0 Å². The standard InChI is InChI=1S/C19H24N4O/c1-5-19(2,3)17-20-21-18(24-17)22(4)14-15-10-6-7-11-16(15)23-12-8-9-13-23/h6-13H,5,14H2,1-4H3. The van der Waals surface area contributed by atoms with E-state index in [4.69, 9.17) is 4.42 Å². The molecule has 0 aliphatic carbocycles. The molecule has 3 rings (SSSR count). The highest BCUT2D eigenvalue weighted by Crippen LogP contribution is 2.28. The van der Waals surface area contributed by atoms with Crippen LogP contribution in [-0.4, -0.2) is 21.8 Å². The van der Waals surface area contributed by atoms with Crippen LogP contribution < -0.4 is 4.90 Å². The molecule has 24 heavy (non-hydrogen) atoms. The summed E-state index contributed by atoms with van der Waals surface area (Å²) in [6.45, 7) is 7.06. The maximum atomic E-state index is 5.90. The molecule has 0 bridgehead atoms. The van der Waals surface area contributed by atoms with Crippen LogP contribution in [-0.2, 0) is 12.0 Å². The summed E-state index contributed by atoms with van der Waals surface area (Å²) in [6.07, 6.45) is 5.05. The number of benzene rings is 1. The fraction of sp³-hybridized carbons (Fsp3) is 0.368. The molecule has 0 unspecified atom stereocenters. The molecular formula is C19H24N4O. The Hall–Kier alpha value is -2.56. The van der Waals surface area contributed by atoms with E-state index >= 15 is 0 Å². The lowest BCUT2D eigenvalue weighted by atomic mass is 9.90. The van der Waals surface area contributed by atoms with Crippen LogP contribution >= 0.6 is 0 Å². The number of nitrogens with zero attached hydrogens (tertiary/aromatic N) is 4. The summed E-state index contributed by atoms with van der Waals surface area (Å²) in [5, 5.41) is 8.45. The summed E-state index contributed by atoms with van der Waals surface area (Å²) in [4.78, 5) is 1.99. The number of aromatic nitrogens is 3. The van der Waals surface area contributed by atoms with E-state index in [1.54, 1.807) is 0 Å². The Morgan fingerprint density at radius 1 is 1.08 bits per heavy atom. The second-order valence-electron chi connectivity index (χ2n) is 6.70. The number of anilines is 1. The molecule has 0 aliphatic heterocycles. The molecule has 0 radical (unpaired) electrons. The van der Waals surface area contributed by atoms with Crippen LogP contribution in [0.15, 0.2) is 53.2 Å². The van der Waals surface area contributed by atoms with Crippen molar-refractivity contribution in [2.75, 3.05) is 11.9 Å². The monoisotopic (exact) mass is 324 g/mol. The molecule has 0 amide bonds. The van der Waals surface area contributed by atoms with E-state index in [1.165, 1.54) is 5.56 Å². The minimum absolute atomic E-state index is 0.102. The van der Waals surface area contributed by atoms with Gasteiger partial charge in [-0.05, 0) is 30.2 Å². The molecule has 0 saturated carbocycles. The van der Waals surface area contributed by atoms with Crippen LogP contribution in [0.5, 0.6) is 0 Å². The molecule has 0 aliphatic rings. The van der Waals surface area contributed by atoms with Crippen molar-refractivity contribution >= 4 is 6.01 Å². The van der Waals surface area contributed by atoms with Crippen LogP contribution in [0, 0.1) is 0 Å². The van der Waals surface area contributed by atoms with Crippen molar-refractivity contribution in [1.82, 2.24) is 14.8 Å². The van der Waals surface area contributed by atoms with Gasteiger partial charge < -0.3 is 13.9 Å². The van der Waals surface area contributed by atoms with E-state index in [0.29, 0.717) is 18.5 Å². The van der Waals surface area contributed by atoms with E-state index in [9.17, 15) is 0 Å². The fourth-order valence-electron chi connectivity index (χ4n) is 2.51. The van der Waals surface area contributed by atoms with Crippen LogP contribution in [0.4, 0.5) is 6.01 Å². The Morgan fingerprint density at radius 2 is 1.79 bits per heavy atom. The highest BCUT2D eigenvalue weighted by molar-refractivity contribution is 5.43. The predicted octanol–water partition coefficient (Wildman–Crippen LogP) is 4.18. The Balaban J connectivity index is 1.82. The lowest BCUT2D eigenvalue weighted by Gasteiger charge is -2.19. The normalized spacial score (nSPS) is 11.7. The van der Waals surface area contributed by atoms with Gasteiger partial charge in [-0.1, -0.05) is 44.1 Å². The molecule has 0 fully saturated rings. The lowest BCUT2D eigenvalue weighted by Crippen LogP contribution is -2.18. The van der Waals surface area contributed by atoms with E-state index in [-0.39, 0.29) is 5.41 Å². The lowest BCUT2D eigenvalue weighted by molar-refractivity contribution is 0.360. The van der Waals surface area contributed by atoms with Gasteiger partial charge in [-0.3, -0.25) is 0 Å². The molecule has 3 aromatic rings. The van der Waals surface area contributed by atoms with Crippen molar-refractivity contribution in [2.24, 2.45) is 0 Å². The van der Waals surface area contributed by atoms with Gasteiger partial charge in [0.2, 0.25) is 5.89 Å². The number of rotatable bonds is 6. The van der Waals surface area contributed by atoms with Gasteiger partial charge in [0, 0.05) is 37.1 Å². The molecule has 1 aromatic carbocycles. The first-order valence-electron chi connectivity index (χ1n) is 8.27. The third kappa shape index (κ3) is 3.20. The van der Waals surface area contributed by atoms with Crippen LogP contribution in [0.3, 0.4) is 0 Å². The summed E-state index contributed by atoms with van der Waals surface area (Å²) >= 11 is 0. The molecule has 2 heterocycles. The van der Waals surface area contributed by atoms with Crippen molar-refractivity contribution < 1.29 is 4.42 Å². The Labute approximate surface area is 142 Å². The predicted molar refractivity (Wildman–Crippen MR) is 95.5 cm³/mol. The van der Waals surface area contributed by atoms with Gasteiger partial charge in [-0.15, -0.1) is 5.10 Å². The zero-order chi connectivity index (χ0) is 17.2. The largest absolute Gasteiger partial charge is 0.407 e. The van der Waals surface area contributed by atoms with Gasteiger partial charge in [0.05, 0.1) is 0 Å². The highest BCUT2D eigenvalue weighted by Gasteiger charge is 2.26. The zero-order valence-electron chi connectivity index (χ0n) is 14.7. The van der Waals surface area contributed by atoms with Crippen molar-refractivity contribution in [1.29, 1.82) is 0 Å².